The van der Waals surface area contributed by atoms with Crippen molar-refractivity contribution in [1.82, 2.24) is 0 Å². The predicted molar refractivity (Wildman–Crippen MR) is 107 cm³/mol. The zero-order valence-corrected chi connectivity index (χ0v) is 15.3. The Kier molecular flexibility index (Phi) is 5.96. The molecule has 0 fully saturated rings. The van der Waals surface area contributed by atoms with Crippen LogP contribution in [-0.4, -0.2) is 5.91 Å². The van der Waals surface area contributed by atoms with Gasteiger partial charge in [0.2, 0.25) is 0 Å². The molecule has 0 aliphatic heterocycles. The molecule has 0 spiro atoms. The molecule has 3 aromatic carbocycles. The average molecular weight is 379 g/mol. The Balaban J connectivity index is 1.64. The van der Waals surface area contributed by atoms with Crippen molar-refractivity contribution < 1.29 is 4.79 Å². The second-order valence-electron chi connectivity index (χ2n) is 5.59. The first-order valence-corrected chi connectivity index (χ1v) is 9.29. The van der Waals surface area contributed by atoms with E-state index in [9.17, 15) is 4.79 Å². The van der Waals surface area contributed by atoms with Crippen LogP contribution >= 0.6 is 23.4 Å². The monoisotopic (exact) mass is 378 g/mol. The third-order valence-corrected chi connectivity index (χ3v) is 5.00. The van der Waals surface area contributed by atoms with Crippen molar-refractivity contribution in [2.24, 2.45) is 0 Å². The van der Waals surface area contributed by atoms with Crippen LogP contribution in [0.1, 0.15) is 21.5 Å². The molecule has 0 radical (unpaired) electrons. The maximum atomic E-state index is 12.4. The minimum atomic E-state index is -0.177. The fraction of sp³-hybridized carbons (Fsp3) is 0.0476. The molecular weight excluding hydrogens is 364 g/mol. The molecule has 3 nitrogen and oxygen atoms in total. The highest BCUT2D eigenvalue weighted by Crippen LogP contribution is 2.24. The Labute approximate surface area is 161 Å². The van der Waals surface area contributed by atoms with E-state index >= 15 is 0 Å². The topological polar surface area (TPSA) is 52.9 Å². The van der Waals surface area contributed by atoms with Gasteiger partial charge in [0, 0.05) is 26.9 Å². The Morgan fingerprint density at radius 2 is 1.77 bits per heavy atom. The molecule has 0 aromatic heterocycles. The van der Waals surface area contributed by atoms with Crippen LogP contribution in [0.3, 0.4) is 0 Å². The molecule has 0 aliphatic rings. The summed E-state index contributed by atoms with van der Waals surface area (Å²) in [6, 6.07) is 24.1. The van der Waals surface area contributed by atoms with Gasteiger partial charge in [0.05, 0.1) is 11.6 Å². The lowest BCUT2D eigenvalue weighted by Crippen LogP contribution is -2.11. The van der Waals surface area contributed by atoms with Crippen molar-refractivity contribution in [3.05, 3.63) is 94.5 Å². The van der Waals surface area contributed by atoms with Crippen molar-refractivity contribution in [2.75, 3.05) is 5.32 Å². The van der Waals surface area contributed by atoms with E-state index < -0.39 is 0 Å². The number of hydrogen-bond acceptors (Lipinski definition) is 3. The Hall–Kier alpha value is -2.74. The molecule has 1 amide bonds. The molecule has 0 bridgehead atoms. The van der Waals surface area contributed by atoms with E-state index in [1.54, 1.807) is 42.1 Å². The van der Waals surface area contributed by atoms with Gasteiger partial charge in [-0.2, -0.15) is 5.26 Å². The minimum absolute atomic E-state index is 0.177. The fourth-order valence-electron chi connectivity index (χ4n) is 2.31. The van der Waals surface area contributed by atoms with Gasteiger partial charge in [-0.3, -0.25) is 4.79 Å². The number of thioether (sulfide) groups is 1. The van der Waals surface area contributed by atoms with Gasteiger partial charge < -0.3 is 5.32 Å². The lowest BCUT2D eigenvalue weighted by atomic mass is 10.2. The van der Waals surface area contributed by atoms with Crippen molar-refractivity contribution in [3.8, 4) is 6.07 Å². The van der Waals surface area contributed by atoms with Crippen LogP contribution in [-0.2, 0) is 5.75 Å². The van der Waals surface area contributed by atoms with Crippen LogP contribution in [0.5, 0.6) is 0 Å². The molecule has 0 heterocycles. The molecule has 26 heavy (non-hydrogen) atoms. The third kappa shape index (κ3) is 4.89. The van der Waals surface area contributed by atoms with E-state index in [4.69, 9.17) is 16.9 Å². The number of hydrogen-bond donors (Lipinski definition) is 1. The summed E-state index contributed by atoms with van der Waals surface area (Å²) in [5.41, 5.74) is 2.99. The highest BCUT2D eigenvalue weighted by molar-refractivity contribution is 7.98. The first kappa shape index (κ1) is 18.1. The average Bonchev–Trinajstić information content (AvgIpc) is 2.68. The molecule has 0 aliphatic carbocycles. The first-order valence-electron chi connectivity index (χ1n) is 7.93. The van der Waals surface area contributed by atoms with Crippen LogP contribution in [0.25, 0.3) is 0 Å². The summed E-state index contributed by atoms with van der Waals surface area (Å²) in [4.78, 5) is 13.5. The number of carbonyl (C=O) groups excluding carboxylic acids is 1. The third-order valence-electron chi connectivity index (χ3n) is 3.69. The van der Waals surface area contributed by atoms with Crippen LogP contribution in [0.4, 0.5) is 5.69 Å². The van der Waals surface area contributed by atoms with Gasteiger partial charge in [0.15, 0.2) is 0 Å². The van der Waals surface area contributed by atoms with Gasteiger partial charge in [0.1, 0.15) is 0 Å². The molecule has 0 saturated carbocycles. The summed E-state index contributed by atoms with van der Waals surface area (Å²) in [6.07, 6.45) is 0. The van der Waals surface area contributed by atoms with E-state index in [0.29, 0.717) is 16.8 Å². The van der Waals surface area contributed by atoms with Gasteiger partial charge in [-0.05, 0) is 60.2 Å². The van der Waals surface area contributed by atoms with Gasteiger partial charge in [0.25, 0.3) is 5.91 Å². The number of nitrogens with zero attached hydrogens (tertiary/aromatic N) is 1. The molecule has 0 saturated heterocycles. The standard InChI is InChI=1S/C21H15ClN2OS/c22-18-8-4-16(5-9-18)14-26-20-3-1-2-17(12-20)21(25)24-19-10-6-15(13-23)7-11-19/h1-12H,14H2,(H,24,25). The summed E-state index contributed by atoms with van der Waals surface area (Å²) in [6.45, 7) is 0. The highest BCUT2D eigenvalue weighted by Gasteiger charge is 2.07. The number of carbonyl (C=O) groups is 1. The smallest absolute Gasteiger partial charge is 0.255 e. The van der Waals surface area contributed by atoms with Crippen molar-refractivity contribution in [3.63, 3.8) is 0 Å². The quantitative estimate of drug-likeness (QED) is 0.574. The number of halogens is 1. The zero-order chi connectivity index (χ0) is 18.4. The van der Waals surface area contributed by atoms with Crippen LogP contribution < -0.4 is 5.32 Å². The Morgan fingerprint density at radius 1 is 1.04 bits per heavy atom. The van der Waals surface area contributed by atoms with Crippen LogP contribution in [0.2, 0.25) is 5.02 Å². The van der Waals surface area contributed by atoms with Crippen molar-refractivity contribution >= 4 is 35.0 Å². The molecule has 1 N–H and O–H groups in total. The molecule has 5 heteroatoms. The summed E-state index contributed by atoms with van der Waals surface area (Å²) in [5, 5.41) is 12.4. The zero-order valence-electron chi connectivity index (χ0n) is 13.8. The minimum Gasteiger partial charge on any atom is -0.322 e. The maximum absolute atomic E-state index is 12.4. The van der Waals surface area contributed by atoms with E-state index in [2.05, 4.69) is 11.4 Å². The molecule has 3 aromatic rings. The largest absolute Gasteiger partial charge is 0.322 e. The Bertz CT molecular complexity index is 947. The number of nitriles is 1. The highest BCUT2D eigenvalue weighted by atomic mass is 35.5. The normalized spacial score (nSPS) is 10.2. The lowest BCUT2D eigenvalue weighted by Gasteiger charge is -2.07. The molecular formula is C21H15ClN2OS. The van der Waals surface area contributed by atoms with E-state index in [1.165, 1.54) is 5.56 Å². The summed E-state index contributed by atoms with van der Waals surface area (Å²) < 4.78 is 0. The van der Waals surface area contributed by atoms with Gasteiger partial charge >= 0.3 is 0 Å². The SMILES string of the molecule is N#Cc1ccc(NC(=O)c2cccc(SCc3ccc(Cl)cc3)c2)cc1. The number of amides is 1. The summed E-state index contributed by atoms with van der Waals surface area (Å²) >= 11 is 7.56. The van der Waals surface area contributed by atoms with E-state index in [1.807, 2.05) is 42.5 Å². The van der Waals surface area contributed by atoms with Crippen LogP contribution in [0, 0.1) is 11.3 Å². The lowest BCUT2D eigenvalue weighted by molar-refractivity contribution is 0.102. The van der Waals surface area contributed by atoms with Crippen LogP contribution in [0.15, 0.2) is 77.7 Å². The molecule has 3 rings (SSSR count). The molecule has 0 unspecified atom stereocenters. The summed E-state index contributed by atoms with van der Waals surface area (Å²) in [7, 11) is 0. The van der Waals surface area contributed by atoms with E-state index in [0.717, 1.165) is 15.7 Å². The number of rotatable bonds is 5. The van der Waals surface area contributed by atoms with Crippen molar-refractivity contribution in [2.45, 2.75) is 10.6 Å². The second kappa shape index (κ2) is 8.57. The molecule has 0 atom stereocenters. The van der Waals surface area contributed by atoms with Gasteiger partial charge in [-0.1, -0.05) is 29.8 Å². The Morgan fingerprint density at radius 3 is 2.46 bits per heavy atom. The maximum Gasteiger partial charge on any atom is 0.255 e. The van der Waals surface area contributed by atoms with Crippen molar-refractivity contribution in [1.29, 1.82) is 5.26 Å². The van der Waals surface area contributed by atoms with Gasteiger partial charge in [-0.25, -0.2) is 0 Å². The predicted octanol–water partition coefficient (Wildman–Crippen LogP) is 5.76. The van der Waals surface area contributed by atoms with Gasteiger partial charge in [-0.15, -0.1) is 11.8 Å². The van der Waals surface area contributed by atoms with E-state index in [-0.39, 0.29) is 5.91 Å². The number of nitrogens with one attached hydrogen (secondary N) is 1. The summed E-state index contributed by atoms with van der Waals surface area (Å²) in [5.74, 6) is 0.626. The fourth-order valence-corrected chi connectivity index (χ4v) is 3.34. The number of anilines is 1. The second-order valence-corrected chi connectivity index (χ2v) is 7.07. The molecule has 128 valence electrons. The number of benzene rings is 3. The first-order chi connectivity index (χ1) is 12.6.